The molecular formula is C28H23ClN2O6. The average molecular weight is 519 g/mol. The number of ether oxygens (including phenoxy) is 2. The highest BCUT2D eigenvalue weighted by atomic mass is 35.5. The highest BCUT2D eigenvalue weighted by Gasteiger charge is 2.39. The minimum atomic E-state index is -0.702. The van der Waals surface area contributed by atoms with E-state index in [-0.39, 0.29) is 23.0 Å². The molecule has 0 fully saturated rings. The van der Waals surface area contributed by atoms with Crippen LogP contribution in [0.3, 0.4) is 0 Å². The molecule has 3 aromatic carbocycles. The van der Waals surface area contributed by atoms with Gasteiger partial charge in [0.1, 0.15) is 16.5 Å². The maximum absolute atomic E-state index is 13.0. The van der Waals surface area contributed by atoms with E-state index in [1.807, 2.05) is 32.0 Å². The molecule has 0 unspecified atom stereocenters. The predicted molar refractivity (Wildman–Crippen MR) is 139 cm³/mol. The van der Waals surface area contributed by atoms with Crippen molar-refractivity contribution in [2.75, 3.05) is 16.8 Å². The Morgan fingerprint density at radius 3 is 2.00 bits per heavy atom. The third-order valence-corrected chi connectivity index (χ3v) is 6.01. The normalized spacial score (nSPS) is 13.1. The van der Waals surface area contributed by atoms with Crippen LogP contribution in [0.25, 0.3) is 0 Å². The van der Waals surface area contributed by atoms with Gasteiger partial charge in [-0.05, 0) is 80.4 Å². The maximum atomic E-state index is 13.0. The Morgan fingerprint density at radius 1 is 0.838 bits per heavy atom. The number of esters is 2. The van der Waals surface area contributed by atoms with Crippen molar-refractivity contribution in [1.29, 1.82) is 0 Å². The number of hydrogen-bond donors (Lipinski definition) is 1. The van der Waals surface area contributed by atoms with Crippen LogP contribution in [-0.4, -0.2) is 30.4 Å². The predicted octanol–water partition coefficient (Wildman–Crippen LogP) is 5.14. The summed E-state index contributed by atoms with van der Waals surface area (Å²) in [5.41, 5.74) is 2.88. The largest absolute Gasteiger partial charge is 0.462 e. The van der Waals surface area contributed by atoms with Gasteiger partial charge in [0.2, 0.25) is 0 Å². The summed E-state index contributed by atoms with van der Waals surface area (Å²) in [6, 6.07) is 17.7. The van der Waals surface area contributed by atoms with Crippen LogP contribution in [0, 0.1) is 13.8 Å². The minimum Gasteiger partial charge on any atom is -0.462 e. The van der Waals surface area contributed by atoms with E-state index >= 15 is 0 Å². The zero-order chi connectivity index (χ0) is 26.7. The molecule has 1 aliphatic rings. The summed E-state index contributed by atoms with van der Waals surface area (Å²) in [5.74, 6) is -1.87. The fourth-order valence-corrected chi connectivity index (χ4v) is 3.97. The van der Waals surface area contributed by atoms with E-state index in [0.29, 0.717) is 22.6 Å². The summed E-state index contributed by atoms with van der Waals surface area (Å²) >= 11 is 6.20. The van der Waals surface area contributed by atoms with Crippen molar-refractivity contribution in [2.24, 2.45) is 0 Å². The number of benzene rings is 3. The van der Waals surface area contributed by atoms with Crippen molar-refractivity contribution in [3.8, 4) is 5.75 Å². The van der Waals surface area contributed by atoms with E-state index in [2.05, 4.69) is 5.32 Å². The fourth-order valence-electron chi connectivity index (χ4n) is 3.75. The van der Waals surface area contributed by atoms with Gasteiger partial charge >= 0.3 is 11.9 Å². The van der Waals surface area contributed by atoms with Crippen LogP contribution < -0.4 is 15.0 Å². The van der Waals surface area contributed by atoms with E-state index in [1.54, 1.807) is 31.2 Å². The van der Waals surface area contributed by atoms with E-state index in [0.717, 1.165) is 16.0 Å². The highest BCUT2D eigenvalue weighted by Crippen LogP contribution is 2.30. The van der Waals surface area contributed by atoms with E-state index in [4.69, 9.17) is 21.1 Å². The number of carbonyl (C=O) groups excluding carboxylic acids is 4. The molecule has 9 heteroatoms. The molecule has 0 aromatic heterocycles. The van der Waals surface area contributed by atoms with Crippen molar-refractivity contribution in [2.45, 2.75) is 20.8 Å². The second-order valence-corrected chi connectivity index (χ2v) is 8.59. The van der Waals surface area contributed by atoms with Crippen LogP contribution in [0.15, 0.2) is 77.5 Å². The zero-order valence-corrected chi connectivity index (χ0v) is 21.1. The molecule has 0 saturated heterocycles. The van der Waals surface area contributed by atoms with Crippen molar-refractivity contribution in [3.63, 3.8) is 0 Å². The van der Waals surface area contributed by atoms with Crippen molar-refractivity contribution >= 4 is 46.7 Å². The van der Waals surface area contributed by atoms with Gasteiger partial charge in [-0.2, -0.15) is 0 Å². The molecule has 188 valence electrons. The first-order valence-electron chi connectivity index (χ1n) is 11.4. The standard InChI is InChI=1S/C28H23ClN2O6/c1-4-36-27(34)18-10-14-21(15-11-18)31-25(32)22(29)23(26(31)33)30-20-12-8-19(9-13-20)28(35)37-24-16(2)6-5-7-17(24)3/h5-15,30H,4H2,1-3H3. The lowest BCUT2D eigenvalue weighted by molar-refractivity contribution is -0.120. The molecule has 1 N–H and O–H groups in total. The van der Waals surface area contributed by atoms with E-state index < -0.39 is 23.8 Å². The van der Waals surface area contributed by atoms with Gasteiger partial charge in [-0.1, -0.05) is 29.8 Å². The molecule has 0 atom stereocenters. The summed E-state index contributed by atoms with van der Waals surface area (Å²) in [7, 11) is 0. The molecule has 3 aromatic rings. The van der Waals surface area contributed by atoms with Crippen molar-refractivity contribution in [3.05, 3.63) is 99.7 Å². The molecule has 1 heterocycles. The Morgan fingerprint density at radius 2 is 1.41 bits per heavy atom. The number of halogens is 1. The Balaban J connectivity index is 1.47. The topological polar surface area (TPSA) is 102 Å². The molecule has 2 amide bonds. The highest BCUT2D eigenvalue weighted by molar-refractivity contribution is 6.53. The third kappa shape index (κ3) is 5.24. The van der Waals surface area contributed by atoms with Gasteiger partial charge < -0.3 is 14.8 Å². The van der Waals surface area contributed by atoms with Gasteiger partial charge in [-0.3, -0.25) is 9.59 Å². The Hall–Kier alpha value is -4.43. The fraction of sp³-hybridized carbons (Fsp3) is 0.143. The van der Waals surface area contributed by atoms with Gasteiger partial charge in [0.05, 0.1) is 23.4 Å². The molecule has 37 heavy (non-hydrogen) atoms. The van der Waals surface area contributed by atoms with Crippen LogP contribution in [-0.2, 0) is 14.3 Å². The van der Waals surface area contributed by atoms with Crippen molar-refractivity contribution in [1.82, 2.24) is 0 Å². The van der Waals surface area contributed by atoms with E-state index in [9.17, 15) is 19.2 Å². The average Bonchev–Trinajstić information content (AvgIpc) is 3.10. The molecule has 1 aliphatic heterocycles. The first kappa shape index (κ1) is 25.7. The molecule has 0 saturated carbocycles. The van der Waals surface area contributed by atoms with Crippen molar-refractivity contribution < 1.29 is 28.7 Å². The number of para-hydroxylation sites is 1. The van der Waals surface area contributed by atoms with Gasteiger partial charge in [-0.25, -0.2) is 14.5 Å². The van der Waals surface area contributed by atoms with Gasteiger partial charge in [0.25, 0.3) is 11.8 Å². The van der Waals surface area contributed by atoms with Crippen LogP contribution >= 0.6 is 11.6 Å². The molecule has 8 nitrogen and oxygen atoms in total. The first-order chi connectivity index (χ1) is 17.7. The van der Waals surface area contributed by atoms with Crippen LogP contribution in [0.2, 0.25) is 0 Å². The number of rotatable bonds is 7. The number of carbonyl (C=O) groups is 4. The Kier molecular flexibility index (Phi) is 7.40. The Labute approximate surface area is 218 Å². The van der Waals surface area contributed by atoms with Crippen LogP contribution in [0.4, 0.5) is 11.4 Å². The third-order valence-electron chi connectivity index (χ3n) is 5.66. The quantitative estimate of drug-likeness (QED) is 0.262. The molecule has 0 aliphatic carbocycles. The maximum Gasteiger partial charge on any atom is 0.343 e. The zero-order valence-electron chi connectivity index (χ0n) is 20.3. The summed E-state index contributed by atoms with van der Waals surface area (Å²) in [6.07, 6.45) is 0. The molecule has 0 bridgehead atoms. The molecule has 4 rings (SSSR count). The Bertz CT molecular complexity index is 1410. The van der Waals surface area contributed by atoms with Gasteiger partial charge in [0.15, 0.2) is 0 Å². The molecule has 0 radical (unpaired) electrons. The molecule has 0 spiro atoms. The minimum absolute atomic E-state index is 0.105. The second-order valence-electron chi connectivity index (χ2n) is 8.21. The van der Waals surface area contributed by atoms with Gasteiger partial charge in [-0.15, -0.1) is 0 Å². The summed E-state index contributed by atoms with van der Waals surface area (Å²) in [5, 5.41) is 2.58. The summed E-state index contributed by atoms with van der Waals surface area (Å²) < 4.78 is 10.5. The first-order valence-corrected chi connectivity index (χ1v) is 11.8. The lowest BCUT2D eigenvalue weighted by Crippen LogP contribution is -2.32. The van der Waals surface area contributed by atoms with Crippen LogP contribution in [0.5, 0.6) is 5.75 Å². The number of anilines is 2. The summed E-state index contributed by atoms with van der Waals surface area (Å²) in [6.45, 7) is 5.64. The monoisotopic (exact) mass is 518 g/mol. The van der Waals surface area contributed by atoms with Crippen LogP contribution in [0.1, 0.15) is 38.8 Å². The molecular weight excluding hydrogens is 496 g/mol. The number of nitrogens with one attached hydrogen (secondary N) is 1. The number of amides is 2. The lowest BCUT2D eigenvalue weighted by Gasteiger charge is -2.15. The summed E-state index contributed by atoms with van der Waals surface area (Å²) in [4.78, 5) is 51.2. The smallest absolute Gasteiger partial charge is 0.343 e. The number of imide groups is 1. The van der Waals surface area contributed by atoms with Gasteiger partial charge in [0, 0.05) is 5.69 Å². The SMILES string of the molecule is CCOC(=O)c1ccc(N2C(=O)C(Cl)=C(Nc3ccc(C(=O)Oc4c(C)cccc4C)cc3)C2=O)cc1. The second kappa shape index (κ2) is 10.7. The number of aryl methyl sites for hydroxylation is 2. The lowest BCUT2D eigenvalue weighted by atomic mass is 10.1. The number of hydrogen-bond acceptors (Lipinski definition) is 7. The van der Waals surface area contributed by atoms with E-state index in [1.165, 1.54) is 24.3 Å². The number of nitrogens with zero attached hydrogens (tertiary/aromatic N) is 1.